The van der Waals surface area contributed by atoms with Gasteiger partial charge in [0.15, 0.2) is 0 Å². The van der Waals surface area contributed by atoms with Gasteiger partial charge in [-0.1, -0.05) is 23.7 Å². The third-order valence-electron chi connectivity index (χ3n) is 4.00. The number of aromatic nitrogens is 2. The molecule has 0 unspecified atom stereocenters. The van der Waals surface area contributed by atoms with Gasteiger partial charge in [-0.15, -0.1) is 0 Å². The van der Waals surface area contributed by atoms with Crippen molar-refractivity contribution in [1.29, 1.82) is 0 Å². The van der Waals surface area contributed by atoms with Crippen LogP contribution in [0.15, 0.2) is 47.5 Å². The highest BCUT2D eigenvalue weighted by atomic mass is 35.5. The molecule has 4 rings (SSSR count). The maximum Gasteiger partial charge on any atom is 0.264 e. The molecule has 0 radical (unpaired) electrons. The summed E-state index contributed by atoms with van der Waals surface area (Å²) in [5.74, 6) is -2.19. The molecule has 27 heavy (non-hydrogen) atoms. The molecule has 0 aliphatic rings. The van der Waals surface area contributed by atoms with Gasteiger partial charge in [0.25, 0.3) is 10.0 Å². The smallest absolute Gasteiger partial charge is 0.264 e. The van der Waals surface area contributed by atoms with Crippen LogP contribution in [0.5, 0.6) is 5.88 Å². The molecule has 2 aromatic carbocycles. The predicted molar refractivity (Wildman–Crippen MR) is 97.4 cm³/mol. The third kappa shape index (κ3) is 2.94. The predicted octanol–water partition coefficient (Wildman–Crippen LogP) is 4.15. The molecular weight excluding hydrogens is 400 g/mol. The van der Waals surface area contributed by atoms with Crippen LogP contribution in [0, 0.1) is 11.6 Å². The number of fused-ring (bicyclic) bond motifs is 3. The van der Waals surface area contributed by atoms with Gasteiger partial charge in [-0.2, -0.15) is 0 Å². The Kier molecular flexibility index (Phi) is 3.93. The Hall–Kier alpha value is -2.91. The zero-order valence-electron chi connectivity index (χ0n) is 13.3. The summed E-state index contributed by atoms with van der Waals surface area (Å²) in [5, 5.41) is 10.1. The number of pyridine rings is 1. The van der Waals surface area contributed by atoms with Gasteiger partial charge in [-0.3, -0.25) is 4.72 Å². The number of sulfonamides is 1. The van der Waals surface area contributed by atoms with Crippen LogP contribution < -0.4 is 4.72 Å². The van der Waals surface area contributed by atoms with Crippen molar-refractivity contribution in [1.82, 2.24) is 9.97 Å². The second-order valence-corrected chi connectivity index (χ2v) is 7.79. The summed E-state index contributed by atoms with van der Waals surface area (Å²) in [6, 6.07) is 7.59. The van der Waals surface area contributed by atoms with Crippen LogP contribution in [-0.2, 0) is 10.0 Å². The summed E-state index contributed by atoms with van der Waals surface area (Å²) < 4.78 is 54.9. The number of hydrogen-bond donors (Lipinski definition) is 3. The molecule has 0 aliphatic carbocycles. The Balaban J connectivity index is 1.85. The lowest BCUT2D eigenvalue weighted by Gasteiger charge is -2.09. The fourth-order valence-electron chi connectivity index (χ4n) is 2.77. The first-order valence-electron chi connectivity index (χ1n) is 7.53. The van der Waals surface area contributed by atoms with E-state index in [0.717, 1.165) is 0 Å². The van der Waals surface area contributed by atoms with Crippen molar-refractivity contribution in [3.8, 4) is 5.88 Å². The van der Waals surface area contributed by atoms with Crippen LogP contribution in [0.2, 0.25) is 5.02 Å². The molecule has 0 saturated heterocycles. The largest absolute Gasteiger partial charge is 0.493 e. The fourth-order valence-corrected chi connectivity index (χ4v) is 4.15. The van der Waals surface area contributed by atoms with Gasteiger partial charge < -0.3 is 10.1 Å². The normalized spacial score (nSPS) is 12.0. The molecule has 0 fully saturated rings. The number of rotatable bonds is 3. The number of aromatic hydroxyl groups is 1. The highest BCUT2D eigenvalue weighted by Crippen LogP contribution is 2.31. The Morgan fingerprint density at radius 2 is 1.85 bits per heavy atom. The van der Waals surface area contributed by atoms with Crippen LogP contribution in [0.1, 0.15) is 0 Å². The van der Waals surface area contributed by atoms with Gasteiger partial charge in [-0.05, 0) is 12.1 Å². The standard InChI is InChI=1S/C17H10ClF2N3O3S/c18-10-5-12(20)13(6-11(10)19)23-27(25,26)14-7-21-17-9(14)3-1-8-2-4-15(24)22-16(8)17/h1-7,21,23H,(H,22,24). The summed E-state index contributed by atoms with van der Waals surface area (Å²) in [5.41, 5.74) is 0.187. The highest BCUT2D eigenvalue weighted by molar-refractivity contribution is 7.93. The van der Waals surface area contributed by atoms with E-state index in [1.807, 2.05) is 4.72 Å². The SMILES string of the molecule is O=S(=O)(Nc1cc(F)c(Cl)cc1F)c1c[nH]c2c1ccc1ccc(O)nc12. The van der Waals surface area contributed by atoms with Crippen molar-refractivity contribution in [3.63, 3.8) is 0 Å². The molecule has 3 N–H and O–H groups in total. The van der Waals surface area contributed by atoms with E-state index >= 15 is 0 Å². The summed E-state index contributed by atoms with van der Waals surface area (Å²) in [6.07, 6.45) is 1.21. The number of hydrogen-bond acceptors (Lipinski definition) is 4. The molecule has 0 spiro atoms. The van der Waals surface area contributed by atoms with E-state index in [9.17, 15) is 22.3 Å². The third-order valence-corrected chi connectivity index (χ3v) is 5.70. The number of halogens is 3. The first-order chi connectivity index (χ1) is 12.8. The molecule has 0 aliphatic heterocycles. The van der Waals surface area contributed by atoms with E-state index in [4.69, 9.17) is 11.6 Å². The van der Waals surface area contributed by atoms with Gasteiger partial charge in [0.05, 0.1) is 21.7 Å². The molecule has 2 aromatic heterocycles. The van der Waals surface area contributed by atoms with Crippen LogP contribution in [0.3, 0.4) is 0 Å². The number of H-pyrrole nitrogens is 1. The molecular formula is C17H10ClF2N3O3S. The van der Waals surface area contributed by atoms with Crippen LogP contribution in [0.25, 0.3) is 21.8 Å². The van der Waals surface area contributed by atoms with E-state index in [0.29, 0.717) is 28.6 Å². The van der Waals surface area contributed by atoms with Crippen molar-refractivity contribution < 1.29 is 22.3 Å². The van der Waals surface area contributed by atoms with Gasteiger partial charge in [0.2, 0.25) is 5.88 Å². The lowest BCUT2D eigenvalue weighted by molar-refractivity contribution is 0.456. The van der Waals surface area contributed by atoms with Gasteiger partial charge in [0, 0.05) is 29.1 Å². The molecule has 0 saturated carbocycles. The van der Waals surface area contributed by atoms with Crippen molar-refractivity contribution >= 4 is 49.1 Å². The lowest BCUT2D eigenvalue weighted by Crippen LogP contribution is -2.14. The first-order valence-corrected chi connectivity index (χ1v) is 9.39. The highest BCUT2D eigenvalue weighted by Gasteiger charge is 2.22. The minimum absolute atomic E-state index is 0.181. The second-order valence-electron chi connectivity index (χ2n) is 5.73. The van der Waals surface area contributed by atoms with Gasteiger partial charge in [0.1, 0.15) is 16.5 Å². The Morgan fingerprint density at radius 1 is 1.11 bits per heavy atom. The molecule has 4 aromatic rings. The second kappa shape index (κ2) is 6.07. The van der Waals surface area contributed by atoms with Crippen LogP contribution in [-0.4, -0.2) is 23.5 Å². The minimum Gasteiger partial charge on any atom is -0.493 e. The quantitative estimate of drug-likeness (QED) is 0.443. The van der Waals surface area contributed by atoms with Crippen LogP contribution in [0.4, 0.5) is 14.5 Å². The van der Waals surface area contributed by atoms with E-state index < -0.39 is 32.4 Å². The molecule has 138 valence electrons. The Bertz CT molecular complexity index is 1320. The molecule has 6 nitrogen and oxygen atoms in total. The molecule has 0 bridgehead atoms. The topological polar surface area (TPSA) is 95.1 Å². The molecule has 0 atom stereocenters. The number of nitrogens with one attached hydrogen (secondary N) is 2. The van der Waals surface area contributed by atoms with E-state index in [2.05, 4.69) is 9.97 Å². The first kappa shape index (κ1) is 17.5. The monoisotopic (exact) mass is 409 g/mol. The summed E-state index contributed by atoms with van der Waals surface area (Å²) in [7, 11) is -4.25. The molecule has 10 heteroatoms. The lowest BCUT2D eigenvalue weighted by atomic mass is 10.1. The maximum absolute atomic E-state index is 13.9. The Labute approximate surface area is 156 Å². The Morgan fingerprint density at radius 3 is 2.63 bits per heavy atom. The number of benzene rings is 2. The zero-order chi connectivity index (χ0) is 19.3. The van der Waals surface area contributed by atoms with E-state index in [1.54, 1.807) is 18.2 Å². The molecule has 2 heterocycles. The minimum atomic E-state index is -4.25. The van der Waals surface area contributed by atoms with Gasteiger partial charge >= 0.3 is 0 Å². The number of nitrogens with zero attached hydrogens (tertiary/aromatic N) is 1. The van der Waals surface area contributed by atoms with Gasteiger partial charge in [-0.25, -0.2) is 22.2 Å². The zero-order valence-corrected chi connectivity index (χ0v) is 14.9. The maximum atomic E-state index is 13.9. The average molecular weight is 410 g/mol. The van der Waals surface area contributed by atoms with E-state index in [1.165, 1.54) is 12.3 Å². The van der Waals surface area contributed by atoms with E-state index in [-0.39, 0.29) is 16.2 Å². The summed E-state index contributed by atoms with van der Waals surface area (Å²) >= 11 is 5.48. The van der Waals surface area contributed by atoms with Crippen molar-refractivity contribution in [3.05, 3.63) is 59.3 Å². The summed E-state index contributed by atoms with van der Waals surface area (Å²) in [4.78, 5) is 6.63. The van der Waals surface area contributed by atoms with Crippen molar-refractivity contribution in [2.75, 3.05) is 4.72 Å². The number of anilines is 1. The van der Waals surface area contributed by atoms with Crippen molar-refractivity contribution in [2.24, 2.45) is 0 Å². The summed E-state index contributed by atoms with van der Waals surface area (Å²) in [6.45, 7) is 0. The fraction of sp³-hybridized carbons (Fsp3) is 0. The van der Waals surface area contributed by atoms with Crippen molar-refractivity contribution in [2.45, 2.75) is 4.90 Å². The average Bonchev–Trinajstić information content (AvgIpc) is 3.05. The molecule has 0 amide bonds. The number of aromatic amines is 1. The van der Waals surface area contributed by atoms with Crippen LogP contribution >= 0.6 is 11.6 Å².